The van der Waals surface area contributed by atoms with E-state index in [-0.39, 0.29) is 0 Å². The Morgan fingerprint density at radius 1 is 1.10 bits per heavy atom. The molecule has 116 valence electrons. The summed E-state index contributed by atoms with van der Waals surface area (Å²) < 4.78 is 0. The SMILES string of the molecule is CC(CN1CCCCC1)NC1CCCCc2ccccc21. The molecule has 1 aliphatic carbocycles. The highest BCUT2D eigenvalue weighted by molar-refractivity contribution is 5.31. The molecule has 3 rings (SSSR count). The van der Waals surface area contributed by atoms with E-state index >= 15 is 0 Å². The number of benzene rings is 1. The van der Waals surface area contributed by atoms with Crippen molar-refractivity contribution in [3.05, 3.63) is 35.4 Å². The summed E-state index contributed by atoms with van der Waals surface area (Å²) in [6.45, 7) is 6.17. The van der Waals surface area contributed by atoms with E-state index in [0.717, 1.165) is 0 Å². The average Bonchev–Trinajstić information content (AvgIpc) is 2.71. The molecule has 1 aromatic rings. The van der Waals surface area contributed by atoms with E-state index in [1.54, 1.807) is 11.1 Å². The first-order valence-electron chi connectivity index (χ1n) is 8.89. The number of hydrogen-bond donors (Lipinski definition) is 1. The van der Waals surface area contributed by atoms with Gasteiger partial charge in [0.25, 0.3) is 0 Å². The van der Waals surface area contributed by atoms with Gasteiger partial charge >= 0.3 is 0 Å². The number of likely N-dealkylation sites (tertiary alicyclic amines) is 1. The zero-order valence-corrected chi connectivity index (χ0v) is 13.5. The molecule has 1 saturated heterocycles. The normalized spacial score (nSPS) is 25.1. The summed E-state index contributed by atoms with van der Waals surface area (Å²) in [6, 6.07) is 10.2. The van der Waals surface area contributed by atoms with E-state index < -0.39 is 0 Å². The number of fused-ring (bicyclic) bond motifs is 1. The number of nitrogens with one attached hydrogen (secondary N) is 1. The average molecular weight is 286 g/mol. The van der Waals surface area contributed by atoms with Crippen LogP contribution in [0.4, 0.5) is 0 Å². The third kappa shape index (κ3) is 4.08. The molecule has 2 atom stereocenters. The molecule has 0 amide bonds. The minimum atomic E-state index is 0.559. The van der Waals surface area contributed by atoms with Gasteiger partial charge in [0.1, 0.15) is 0 Å². The summed E-state index contributed by atoms with van der Waals surface area (Å²) in [5.41, 5.74) is 3.12. The Kier molecular flexibility index (Phi) is 5.32. The minimum Gasteiger partial charge on any atom is -0.306 e. The van der Waals surface area contributed by atoms with Crippen molar-refractivity contribution < 1.29 is 0 Å². The standard InChI is InChI=1S/C19H30N2/c1-16(15-21-13-7-2-8-14-21)20-19-12-6-4-10-17-9-3-5-11-18(17)19/h3,5,9,11,16,19-20H,2,4,6-8,10,12-15H2,1H3. The number of aryl methyl sites for hydroxylation is 1. The van der Waals surface area contributed by atoms with Crippen LogP contribution in [0.1, 0.15) is 62.6 Å². The third-order valence-corrected chi connectivity index (χ3v) is 5.09. The Bertz CT molecular complexity index is 437. The molecule has 0 radical (unpaired) electrons. The van der Waals surface area contributed by atoms with Crippen molar-refractivity contribution in [2.24, 2.45) is 0 Å². The molecular weight excluding hydrogens is 256 g/mol. The first kappa shape index (κ1) is 15.1. The molecule has 0 spiro atoms. The number of piperidine rings is 1. The van der Waals surface area contributed by atoms with Crippen LogP contribution in [0.25, 0.3) is 0 Å². The second-order valence-electron chi connectivity index (χ2n) is 6.93. The van der Waals surface area contributed by atoms with E-state index in [1.165, 1.54) is 64.6 Å². The van der Waals surface area contributed by atoms with Gasteiger partial charge in [-0.1, -0.05) is 37.1 Å². The molecule has 0 bridgehead atoms. The second kappa shape index (κ2) is 7.42. The fraction of sp³-hybridized carbons (Fsp3) is 0.684. The Balaban J connectivity index is 1.60. The van der Waals surface area contributed by atoms with Crippen molar-refractivity contribution in [3.8, 4) is 0 Å². The summed E-state index contributed by atoms with van der Waals surface area (Å²) in [5.74, 6) is 0. The molecule has 0 saturated carbocycles. The fourth-order valence-corrected chi connectivity index (χ4v) is 4.02. The maximum atomic E-state index is 3.92. The van der Waals surface area contributed by atoms with Crippen LogP contribution in [0, 0.1) is 0 Å². The molecule has 1 aromatic carbocycles. The van der Waals surface area contributed by atoms with Crippen LogP contribution in [-0.2, 0) is 6.42 Å². The van der Waals surface area contributed by atoms with Gasteiger partial charge in [-0.15, -0.1) is 0 Å². The highest BCUT2D eigenvalue weighted by atomic mass is 15.2. The summed E-state index contributed by atoms with van der Waals surface area (Å²) >= 11 is 0. The molecule has 2 nitrogen and oxygen atoms in total. The van der Waals surface area contributed by atoms with E-state index in [4.69, 9.17) is 0 Å². The van der Waals surface area contributed by atoms with Gasteiger partial charge in [0.2, 0.25) is 0 Å². The zero-order chi connectivity index (χ0) is 14.5. The van der Waals surface area contributed by atoms with Crippen molar-refractivity contribution in [1.29, 1.82) is 0 Å². The number of nitrogens with zero attached hydrogens (tertiary/aromatic N) is 1. The monoisotopic (exact) mass is 286 g/mol. The van der Waals surface area contributed by atoms with E-state index in [9.17, 15) is 0 Å². The predicted molar refractivity (Wildman–Crippen MR) is 89.6 cm³/mol. The molecule has 2 unspecified atom stereocenters. The molecular formula is C19H30N2. The number of rotatable bonds is 4. The Morgan fingerprint density at radius 2 is 1.90 bits per heavy atom. The lowest BCUT2D eigenvalue weighted by atomic mass is 9.98. The molecule has 1 fully saturated rings. The fourth-order valence-electron chi connectivity index (χ4n) is 4.02. The van der Waals surface area contributed by atoms with Crippen molar-refractivity contribution in [3.63, 3.8) is 0 Å². The Labute approximate surface area is 129 Å². The van der Waals surface area contributed by atoms with Crippen LogP contribution in [0.3, 0.4) is 0 Å². The maximum absolute atomic E-state index is 3.92. The van der Waals surface area contributed by atoms with Gasteiger partial charge in [0.15, 0.2) is 0 Å². The van der Waals surface area contributed by atoms with Crippen LogP contribution in [0.2, 0.25) is 0 Å². The molecule has 0 aromatic heterocycles. The molecule has 1 N–H and O–H groups in total. The van der Waals surface area contributed by atoms with Gasteiger partial charge < -0.3 is 10.2 Å². The van der Waals surface area contributed by atoms with Crippen LogP contribution >= 0.6 is 0 Å². The van der Waals surface area contributed by atoms with E-state index in [0.29, 0.717) is 12.1 Å². The molecule has 1 aliphatic heterocycles. The van der Waals surface area contributed by atoms with Crippen LogP contribution in [0.5, 0.6) is 0 Å². The molecule has 2 heteroatoms. The van der Waals surface area contributed by atoms with E-state index in [1.807, 2.05) is 0 Å². The Hall–Kier alpha value is -0.860. The second-order valence-corrected chi connectivity index (χ2v) is 6.93. The molecule has 1 heterocycles. The topological polar surface area (TPSA) is 15.3 Å². The lowest BCUT2D eigenvalue weighted by molar-refractivity contribution is 0.203. The first-order valence-corrected chi connectivity index (χ1v) is 8.89. The minimum absolute atomic E-state index is 0.559. The lowest BCUT2D eigenvalue weighted by Gasteiger charge is -2.31. The zero-order valence-electron chi connectivity index (χ0n) is 13.5. The van der Waals surface area contributed by atoms with Crippen molar-refractivity contribution in [2.45, 2.75) is 64.0 Å². The Morgan fingerprint density at radius 3 is 2.76 bits per heavy atom. The first-order chi connectivity index (χ1) is 10.3. The van der Waals surface area contributed by atoms with E-state index in [2.05, 4.69) is 41.4 Å². The largest absolute Gasteiger partial charge is 0.306 e. The van der Waals surface area contributed by atoms with Crippen LogP contribution in [0.15, 0.2) is 24.3 Å². The van der Waals surface area contributed by atoms with Crippen molar-refractivity contribution >= 4 is 0 Å². The molecule has 21 heavy (non-hydrogen) atoms. The quantitative estimate of drug-likeness (QED) is 0.844. The van der Waals surface area contributed by atoms with Crippen molar-refractivity contribution in [2.75, 3.05) is 19.6 Å². The van der Waals surface area contributed by atoms with Gasteiger partial charge in [-0.2, -0.15) is 0 Å². The van der Waals surface area contributed by atoms with Crippen LogP contribution in [-0.4, -0.2) is 30.6 Å². The van der Waals surface area contributed by atoms with Gasteiger partial charge in [-0.05, 0) is 63.2 Å². The van der Waals surface area contributed by atoms with Gasteiger partial charge in [0, 0.05) is 18.6 Å². The summed E-state index contributed by atoms with van der Waals surface area (Å²) in [6.07, 6.45) is 9.45. The van der Waals surface area contributed by atoms with Gasteiger partial charge in [-0.25, -0.2) is 0 Å². The van der Waals surface area contributed by atoms with Crippen LogP contribution < -0.4 is 5.32 Å². The molecule has 2 aliphatic rings. The third-order valence-electron chi connectivity index (χ3n) is 5.09. The number of hydrogen-bond acceptors (Lipinski definition) is 2. The van der Waals surface area contributed by atoms with Gasteiger partial charge in [0.05, 0.1) is 0 Å². The highest BCUT2D eigenvalue weighted by Gasteiger charge is 2.21. The predicted octanol–water partition coefficient (Wildman–Crippen LogP) is 3.92. The maximum Gasteiger partial charge on any atom is 0.0325 e. The summed E-state index contributed by atoms with van der Waals surface area (Å²) in [5, 5.41) is 3.92. The summed E-state index contributed by atoms with van der Waals surface area (Å²) in [4.78, 5) is 2.64. The van der Waals surface area contributed by atoms with Crippen molar-refractivity contribution in [1.82, 2.24) is 10.2 Å². The van der Waals surface area contributed by atoms with Gasteiger partial charge in [-0.3, -0.25) is 0 Å². The smallest absolute Gasteiger partial charge is 0.0325 e. The summed E-state index contributed by atoms with van der Waals surface area (Å²) in [7, 11) is 0. The lowest BCUT2D eigenvalue weighted by Crippen LogP contribution is -2.42. The highest BCUT2D eigenvalue weighted by Crippen LogP contribution is 2.28.